The molecule has 0 aliphatic carbocycles. The molecule has 0 aliphatic rings. The van der Waals surface area contributed by atoms with E-state index in [0.717, 1.165) is 0 Å². The van der Waals surface area contributed by atoms with Gasteiger partial charge in [-0.1, -0.05) is 13.8 Å². The summed E-state index contributed by atoms with van der Waals surface area (Å²) in [6.07, 6.45) is 1.61. The second kappa shape index (κ2) is 4.60. The lowest BCUT2D eigenvalue weighted by Crippen LogP contribution is -2.18. The van der Waals surface area contributed by atoms with Crippen molar-refractivity contribution in [3.63, 3.8) is 0 Å². The van der Waals surface area contributed by atoms with Crippen LogP contribution < -0.4 is 10.1 Å². The number of carbonyl (C=O) groups excluding carboxylic acids is 1. The van der Waals surface area contributed by atoms with Crippen LogP contribution in [0.15, 0.2) is 18.3 Å². The van der Waals surface area contributed by atoms with Gasteiger partial charge in [0.15, 0.2) is 11.6 Å². The number of nitrogens with one attached hydrogen (secondary N) is 1. The molecule has 0 radical (unpaired) electrons. The first-order chi connectivity index (χ1) is 6.65. The van der Waals surface area contributed by atoms with Crippen LogP contribution in [0.1, 0.15) is 13.8 Å². The van der Waals surface area contributed by atoms with Gasteiger partial charge in [-0.3, -0.25) is 4.79 Å². The van der Waals surface area contributed by atoms with Crippen molar-refractivity contribution in [3.8, 4) is 5.75 Å². The molecule has 1 heterocycles. The minimum atomic E-state index is -0.0679. The second-order valence-electron chi connectivity index (χ2n) is 3.20. The van der Waals surface area contributed by atoms with Gasteiger partial charge in [0.05, 0.1) is 7.11 Å². The maximum atomic E-state index is 11.4. The molecular weight excluding hydrogens is 180 g/mol. The van der Waals surface area contributed by atoms with Crippen LogP contribution in [0, 0.1) is 5.92 Å². The molecule has 4 heteroatoms. The van der Waals surface area contributed by atoms with Gasteiger partial charge in [-0.2, -0.15) is 0 Å². The van der Waals surface area contributed by atoms with E-state index in [1.54, 1.807) is 25.4 Å². The molecule has 1 rings (SSSR count). The summed E-state index contributed by atoms with van der Waals surface area (Å²) in [5.41, 5.74) is 0. The lowest BCUT2D eigenvalue weighted by atomic mass is 10.2. The smallest absolute Gasteiger partial charge is 0.228 e. The van der Waals surface area contributed by atoms with Gasteiger partial charge in [-0.15, -0.1) is 0 Å². The van der Waals surface area contributed by atoms with Crippen molar-refractivity contribution >= 4 is 11.7 Å². The molecule has 0 aromatic carbocycles. The molecule has 0 saturated heterocycles. The standard InChI is InChI=1S/C10H14N2O2/c1-7(2)10(13)12-9-8(14-3)5-4-6-11-9/h4-7H,1-3H3,(H,11,12,13). The Morgan fingerprint density at radius 1 is 1.57 bits per heavy atom. The van der Waals surface area contributed by atoms with Crippen LogP contribution in [-0.4, -0.2) is 18.0 Å². The molecule has 0 bridgehead atoms. The van der Waals surface area contributed by atoms with E-state index in [9.17, 15) is 4.79 Å². The van der Waals surface area contributed by atoms with Gasteiger partial charge < -0.3 is 10.1 Å². The fourth-order valence-electron chi connectivity index (χ4n) is 0.910. The highest BCUT2D eigenvalue weighted by atomic mass is 16.5. The summed E-state index contributed by atoms with van der Waals surface area (Å²) in [4.78, 5) is 15.4. The van der Waals surface area contributed by atoms with E-state index < -0.39 is 0 Å². The number of methoxy groups -OCH3 is 1. The first-order valence-electron chi connectivity index (χ1n) is 4.45. The van der Waals surface area contributed by atoms with Crippen LogP contribution in [0.4, 0.5) is 5.82 Å². The molecule has 0 unspecified atom stereocenters. The summed E-state index contributed by atoms with van der Waals surface area (Å²) in [5, 5.41) is 2.69. The first kappa shape index (κ1) is 10.5. The third-order valence-electron chi connectivity index (χ3n) is 1.76. The Bertz CT molecular complexity index is 324. The maximum absolute atomic E-state index is 11.4. The van der Waals surface area contributed by atoms with Gasteiger partial charge in [0.1, 0.15) is 0 Å². The predicted octanol–water partition coefficient (Wildman–Crippen LogP) is 1.68. The van der Waals surface area contributed by atoms with Crippen molar-refractivity contribution in [3.05, 3.63) is 18.3 Å². The van der Waals surface area contributed by atoms with Crippen molar-refractivity contribution in [2.75, 3.05) is 12.4 Å². The second-order valence-corrected chi connectivity index (χ2v) is 3.20. The van der Waals surface area contributed by atoms with Gasteiger partial charge in [0.25, 0.3) is 0 Å². The molecule has 1 aromatic rings. The SMILES string of the molecule is COc1cccnc1NC(=O)C(C)C. The van der Waals surface area contributed by atoms with E-state index in [0.29, 0.717) is 11.6 Å². The van der Waals surface area contributed by atoms with Gasteiger partial charge in [0.2, 0.25) is 5.91 Å². The van der Waals surface area contributed by atoms with Gasteiger partial charge in [-0.05, 0) is 12.1 Å². The number of aromatic nitrogens is 1. The number of anilines is 1. The molecule has 0 aliphatic heterocycles. The Balaban J connectivity index is 2.80. The highest BCUT2D eigenvalue weighted by Crippen LogP contribution is 2.20. The Kier molecular flexibility index (Phi) is 3.45. The Morgan fingerprint density at radius 3 is 2.86 bits per heavy atom. The molecule has 4 nitrogen and oxygen atoms in total. The summed E-state index contributed by atoms with van der Waals surface area (Å²) in [6.45, 7) is 3.65. The molecule has 76 valence electrons. The zero-order chi connectivity index (χ0) is 10.6. The number of carbonyl (C=O) groups is 1. The maximum Gasteiger partial charge on any atom is 0.228 e. The van der Waals surface area contributed by atoms with Crippen LogP contribution in [-0.2, 0) is 4.79 Å². The molecular formula is C10H14N2O2. The highest BCUT2D eigenvalue weighted by Gasteiger charge is 2.10. The summed E-state index contributed by atoms with van der Waals surface area (Å²) in [6, 6.07) is 3.51. The van der Waals surface area contributed by atoms with E-state index in [1.807, 2.05) is 13.8 Å². The van der Waals surface area contributed by atoms with Crippen LogP contribution in [0.3, 0.4) is 0 Å². The highest BCUT2D eigenvalue weighted by molar-refractivity contribution is 5.92. The molecule has 1 N–H and O–H groups in total. The molecule has 0 fully saturated rings. The largest absolute Gasteiger partial charge is 0.493 e. The average molecular weight is 194 g/mol. The topological polar surface area (TPSA) is 51.2 Å². The van der Waals surface area contributed by atoms with Crippen LogP contribution >= 0.6 is 0 Å². The van der Waals surface area contributed by atoms with Crippen LogP contribution in [0.5, 0.6) is 5.75 Å². The number of rotatable bonds is 3. The van der Waals surface area contributed by atoms with E-state index in [-0.39, 0.29) is 11.8 Å². The zero-order valence-electron chi connectivity index (χ0n) is 8.57. The summed E-state index contributed by atoms with van der Waals surface area (Å²) in [7, 11) is 1.54. The van der Waals surface area contributed by atoms with E-state index in [1.165, 1.54) is 0 Å². The Hall–Kier alpha value is -1.58. The summed E-state index contributed by atoms with van der Waals surface area (Å²) in [5.74, 6) is 0.902. The molecule has 0 saturated carbocycles. The minimum Gasteiger partial charge on any atom is -0.493 e. The molecule has 1 aromatic heterocycles. The van der Waals surface area contributed by atoms with Gasteiger partial charge in [-0.25, -0.2) is 4.98 Å². The molecule has 14 heavy (non-hydrogen) atoms. The van der Waals surface area contributed by atoms with Gasteiger partial charge in [0, 0.05) is 12.1 Å². The van der Waals surface area contributed by atoms with Crippen molar-refractivity contribution in [2.24, 2.45) is 5.92 Å². The van der Waals surface area contributed by atoms with Crippen molar-refractivity contribution in [1.82, 2.24) is 4.98 Å². The first-order valence-corrected chi connectivity index (χ1v) is 4.45. The van der Waals surface area contributed by atoms with Crippen LogP contribution in [0.2, 0.25) is 0 Å². The fraction of sp³-hybridized carbons (Fsp3) is 0.400. The molecule has 0 atom stereocenters. The summed E-state index contributed by atoms with van der Waals surface area (Å²) < 4.78 is 5.05. The van der Waals surface area contributed by atoms with Crippen molar-refractivity contribution in [2.45, 2.75) is 13.8 Å². The van der Waals surface area contributed by atoms with Gasteiger partial charge >= 0.3 is 0 Å². The fourth-order valence-corrected chi connectivity index (χ4v) is 0.910. The normalized spacial score (nSPS) is 10.0. The monoisotopic (exact) mass is 194 g/mol. The van der Waals surface area contributed by atoms with Crippen LogP contribution in [0.25, 0.3) is 0 Å². The molecule has 1 amide bonds. The zero-order valence-corrected chi connectivity index (χ0v) is 8.57. The number of amides is 1. The molecule has 0 spiro atoms. The Labute approximate surface area is 83.3 Å². The number of nitrogens with zero attached hydrogens (tertiary/aromatic N) is 1. The van der Waals surface area contributed by atoms with E-state index >= 15 is 0 Å². The third-order valence-corrected chi connectivity index (χ3v) is 1.76. The average Bonchev–Trinajstić information content (AvgIpc) is 2.18. The summed E-state index contributed by atoms with van der Waals surface area (Å²) >= 11 is 0. The lowest BCUT2D eigenvalue weighted by Gasteiger charge is -2.09. The minimum absolute atomic E-state index is 0.0676. The number of ether oxygens (including phenoxy) is 1. The third kappa shape index (κ3) is 2.45. The Morgan fingerprint density at radius 2 is 2.29 bits per heavy atom. The lowest BCUT2D eigenvalue weighted by molar-refractivity contribution is -0.118. The van der Waals surface area contributed by atoms with E-state index in [2.05, 4.69) is 10.3 Å². The number of hydrogen-bond acceptors (Lipinski definition) is 3. The van der Waals surface area contributed by atoms with Crippen molar-refractivity contribution in [1.29, 1.82) is 0 Å². The number of hydrogen-bond donors (Lipinski definition) is 1. The predicted molar refractivity (Wildman–Crippen MR) is 54.3 cm³/mol. The number of pyridine rings is 1. The van der Waals surface area contributed by atoms with E-state index in [4.69, 9.17) is 4.74 Å². The quantitative estimate of drug-likeness (QED) is 0.796. The van der Waals surface area contributed by atoms with Crippen molar-refractivity contribution < 1.29 is 9.53 Å².